The molecule has 0 fully saturated rings. The fourth-order valence-corrected chi connectivity index (χ4v) is 2.14. The summed E-state index contributed by atoms with van der Waals surface area (Å²) < 4.78 is 26.4. The van der Waals surface area contributed by atoms with Crippen molar-refractivity contribution in [2.24, 2.45) is 0 Å². The molecule has 1 atom stereocenters. The predicted molar refractivity (Wildman–Crippen MR) is 69.6 cm³/mol. The zero-order valence-electron chi connectivity index (χ0n) is 9.00. The van der Waals surface area contributed by atoms with Crippen molar-refractivity contribution >= 4 is 27.5 Å². The van der Waals surface area contributed by atoms with E-state index in [4.69, 9.17) is 11.6 Å². The fourth-order valence-electron chi connectivity index (χ4n) is 1.56. The Morgan fingerprint density at radius 3 is 2.11 bits per heavy atom. The Morgan fingerprint density at radius 2 is 1.56 bits per heavy atom. The quantitative estimate of drug-likeness (QED) is 0.860. The molecule has 0 radical (unpaired) electrons. The molecule has 1 N–H and O–H groups in total. The third kappa shape index (κ3) is 2.71. The molecule has 94 valence electrons. The largest absolute Gasteiger partial charge is 0.384 e. The molecule has 18 heavy (non-hydrogen) atoms. The summed E-state index contributed by atoms with van der Waals surface area (Å²) >= 11 is 8.69. The van der Waals surface area contributed by atoms with E-state index in [1.165, 1.54) is 36.4 Å². The van der Waals surface area contributed by atoms with E-state index in [0.29, 0.717) is 11.1 Å². The van der Waals surface area contributed by atoms with Gasteiger partial charge in [0.1, 0.15) is 17.7 Å². The van der Waals surface area contributed by atoms with Crippen LogP contribution in [0.15, 0.2) is 40.9 Å². The van der Waals surface area contributed by atoms with Crippen molar-refractivity contribution in [3.63, 3.8) is 0 Å². The summed E-state index contributed by atoms with van der Waals surface area (Å²) in [5, 5.41) is 10.0. The van der Waals surface area contributed by atoms with Crippen LogP contribution in [0, 0.1) is 11.6 Å². The molecule has 0 heterocycles. The molecular formula is C13H8BrClF2O. The second-order valence-corrected chi connectivity index (χ2v) is 5.01. The van der Waals surface area contributed by atoms with Crippen molar-refractivity contribution in [2.45, 2.75) is 6.10 Å². The number of hydrogen-bond donors (Lipinski definition) is 1. The molecule has 0 aromatic heterocycles. The van der Waals surface area contributed by atoms with Crippen LogP contribution in [0.4, 0.5) is 8.78 Å². The first kappa shape index (κ1) is 13.5. The SMILES string of the molecule is OC(c1ccc(F)c(Cl)c1)c1ccc(F)c(Br)c1. The van der Waals surface area contributed by atoms with Gasteiger partial charge in [-0.25, -0.2) is 8.78 Å². The Balaban J connectivity index is 2.37. The van der Waals surface area contributed by atoms with E-state index in [0.717, 1.165) is 0 Å². The molecule has 0 saturated carbocycles. The number of rotatable bonds is 2. The maximum Gasteiger partial charge on any atom is 0.141 e. The number of benzene rings is 2. The van der Waals surface area contributed by atoms with Crippen LogP contribution in [-0.4, -0.2) is 5.11 Å². The zero-order valence-corrected chi connectivity index (χ0v) is 11.3. The van der Waals surface area contributed by atoms with Gasteiger partial charge in [0.05, 0.1) is 9.50 Å². The van der Waals surface area contributed by atoms with Gasteiger partial charge in [-0.3, -0.25) is 0 Å². The minimum Gasteiger partial charge on any atom is -0.384 e. The van der Waals surface area contributed by atoms with Crippen molar-refractivity contribution in [1.29, 1.82) is 0 Å². The first-order valence-electron chi connectivity index (χ1n) is 5.07. The van der Waals surface area contributed by atoms with Gasteiger partial charge in [-0.15, -0.1) is 0 Å². The molecule has 0 aliphatic heterocycles. The lowest BCUT2D eigenvalue weighted by molar-refractivity contribution is 0.220. The number of aliphatic hydroxyl groups excluding tert-OH is 1. The van der Waals surface area contributed by atoms with Crippen LogP contribution in [0.1, 0.15) is 17.2 Å². The van der Waals surface area contributed by atoms with Crippen LogP contribution in [-0.2, 0) is 0 Å². The topological polar surface area (TPSA) is 20.2 Å². The van der Waals surface area contributed by atoms with Crippen LogP contribution < -0.4 is 0 Å². The molecule has 0 amide bonds. The lowest BCUT2D eigenvalue weighted by Crippen LogP contribution is -2.00. The standard InChI is InChI=1S/C13H8BrClF2O/c14-9-5-7(1-3-11(9)16)13(18)8-2-4-12(17)10(15)6-8/h1-6,13,18H. The van der Waals surface area contributed by atoms with Gasteiger partial charge in [0.2, 0.25) is 0 Å². The highest BCUT2D eigenvalue weighted by Gasteiger charge is 2.13. The van der Waals surface area contributed by atoms with Gasteiger partial charge in [0.15, 0.2) is 0 Å². The summed E-state index contributed by atoms with van der Waals surface area (Å²) in [5.74, 6) is -0.962. The number of aliphatic hydroxyl groups is 1. The lowest BCUT2D eigenvalue weighted by Gasteiger charge is -2.12. The molecule has 0 aliphatic carbocycles. The monoisotopic (exact) mass is 332 g/mol. The Kier molecular flexibility index (Phi) is 4.00. The van der Waals surface area contributed by atoms with Gasteiger partial charge < -0.3 is 5.11 Å². The van der Waals surface area contributed by atoms with Crippen LogP contribution in [0.3, 0.4) is 0 Å². The highest BCUT2D eigenvalue weighted by molar-refractivity contribution is 9.10. The molecule has 0 aliphatic rings. The average Bonchev–Trinajstić information content (AvgIpc) is 2.35. The maximum absolute atomic E-state index is 13.1. The molecule has 2 aromatic rings. The first-order valence-corrected chi connectivity index (χ1v) is 6.24. The van der Waals surface area contributed by atoms with Crippen molar-refractivity contribution in [3.8, 4) is 0 Å². The van der Waals surface area contributed by atoms with E-state index < -0.39 is 17.7 Å². The summed E-state index contributed by atoms with van der Waals surface area (Å²) in [5.41, 5.74) is 0.936. The van der Waals surface area contributed by atoms with Crippen LogP contribution in [0.25, 0.3) is 0 Å². The number of halogens is 4. The second kappa shape index (κ2) is 5.34. The minimum atomic E-state index is -0.986. The molecule has 0 saturated heterocycles. The predicted octanol–water partition coefficient (Wildman–Crippen LogP) is 4.46. The normalized spacial score (nSPS) is 12.5. The first-order chi connectivity index (χ1) is 8.49. The van der Waals surface area contributed by atoms with E-state index in [1.54, 1.807) is 0 Å². The van der Waals surface area contributed by atoms with E-state index >= 15 is 0 Å². The maximum atomic E-state index is 13.1. The Labute approximate surface area is 116 Å². The summed E-state index contributed by atoms with van der Waals surface area (Å²) in [4.78, 5) is 0. The highest BCUT2D eigenvalue weighted by Crippen LogP contribution is 2.28. The molecular weight excluding hydrogens is 325 g/mol. The molecule has 2 rings (SSSR count). The molecule has 1 nitrogen and oxygen atoms in total. The van der Waals surface area contributed by atoms with Gasteiger partial charge >= 0.3 is 0 Å². The van der Waals surface area contributed by atoms with Crippen LogP contribution in [0.5, 0.6) is 0 Å². The van der Waals surface area contributed by atoms with E-state index in [2.05, 4.69) is 15.9 Å². The van der Waals surface area contributed by atoms with Crippen molar-refractivity contribution in [1.82, 2.24) is 0 Å². The van der Waals surface area contributed by atoms with Crippen molar-refractivity contribution in [2.75, 3.05) is 0 Å². The van der Waals surface area contributed by atoms with E-state index in [-0.39, 0.29) is 9.50 Å². The second-order valence-electron chi connectivity index (χ2n) is 3.75. The van der Waals surface area contributed by atoms with Gasteiger partial charge in [-0.05, 0) is 51.3 Å². The summed E-state index contributed by atoms with van der Waals surface area (Å²) in [6.45, 7) is 0. The van der Waals surface area contributed by atoms with Crippen molar-refractivity contribution < 1.29 is 13.9 Å². The third-order valence-electron chi connectivity index (χ3n) is 2.52. The van der Waals surface area contributed by atoms with Gasteiger partial charge in [0, 0.05) is 0 Å². The summed E-state index contributed by atoms with van der Waals surface area (Å²) in [6, 6.07) is 8.13. The molecule has 5 heteroatoms. The third-order valence-corrected chi connectivity index (χ3v) is 3.42. The highest BCUT2D eigenvalue weighted by atomic mass is 79.9. The smallest absolute Gasteiger partial charge is 0.141 e. The summed E-state index contributed by atoms with van der Waals surface area (Å²) in [7, 11) is 0. The van der Waals surface area contributed by atoms with Crippen molar-refractivity contribution in [3.05, 3.63) is 68.7 Å². The lowest BCUT2D eigenvalue weighted by atomic mass is 10.0. The zero-order chi connectivity index (χ0) is 13.3. The molecule has 1 unspecified atom stereocenters. The minimum absolute atomic E-state index is 0.0623. The fraction of sp³-hybridized carbons (Fsp3) is 0.0769. The average molecular weight is 334 g/mol. The van der Waals surface area contributed by atoms with Gasteiger partial charge in [-0.1, -0.05) is 23.7 Å². The van der Waals surface area contributed by atoms with E-state index in [1.807, 2.05) is 0 Å². The van der Waals surface area contributed by atoms with Gasteiger partial charge in [-0.2, -0.15) is 0 Å². The molecule has 0 spiro atoms. The van der Waals surface area contributed by atoms with Crippen LogP contribution in [0.2, 0.25) is 5.02 Å². The van der Waals surface area contributed by atoms with Crippen LogP contribution >= 0.6 is 27.5 Å². The van der Waals surface area contributed by atoms with Gasteiger partial charge in [0.25, 0.3) is 0 Å². The molecule has 2 aromatic carbocycles. The van der Waals surface area contributed by atoms with E-state index in [9.17, 15) is 13.9 Å². The number of hydrogen-bond acceptors (Lipinski definition) is 1. The Morgan fingerprint density at radius 1 is 1.00 bits per heavy atom. The molecule has 0 bridgehead atoms. The Hall–Kier alpha value is -0.970. The Bertz CT molecular complexity index is 538. The summed E-state index contributed by atoms with van der Waals surface area (Å²) in [6.07, 6.45) is -0.986.